The Morgan fingerprint density at radius 2 is 1.22 bits per heavy atom. The summed E-state index contributed by atoms with van der Waals surface area (Å²) < 4.78 is 30.8. The number of ether oxygens (including phenoxy) is 5. The zero-order valence-corrected chi connectivity index (χ0v) is 32.0. The van der Waals surface area contributed by atoms with Crippen LogP contribution in [0, 0.1) is 0 Å². The number of carbonyl (C=O) groups is 1. The zero-order chi connectivity index (χ0) is 36.4. The van der Waals surface area contributed by atoms with Crippen LogP contribution in [0.4, 0.5) is 4.79 Å². The van der Waals surface area contributed by atoms with E-state index in [1.807, 2.05) is 99.6 Å². The predicted molar refractivity (Wildman–Crippen MR) is 203 cm³/mol. The molecule has 1 fully saturated rings. The Morgan fingerprint density at radius 3 is 1.73 bits per heavy atom. The summed E-state index contributed by atoms with van der Waals surface area (Å²) in [6.07, 6.45) is -0.655. The number of rotatable bonds is 14. The molecule has 1 heterocycles. The molecule has 4 aromatic carbocycles. The molecule has 0 bridgehead atoms. The first-order valence-electron chi connectivity index (χ1n) is 16.9. The van der Waals surface area contributed by atoms with E-state index in [0.29, 0.717) is 39.9 Å². The molecule has 272 valence electrons. The summed E-state index contributed by atoms with van der Waals surface area (Å²) in [5.41, 5.74) is 3.05. The van der Waals surface area contributed by atoms with Gasteiger partial charge in [0.05, 0.1) is 58.3 Å². The van der Waals surface area contributed by atoms with Crippen LogP contribution >= 0.6 is 46.4 Å². The molecule has 51 heavy (non-hydrogen) atoms. The van der Waals surface area contributed by atoms with Crippen molar-refractivity contribution in [3.63, 3.8) is 0 Å². The van der Waals surface area contributed by atoms with Crippen molar-refractivity contribution < 1.29 is 28.5 Å². The minimum absolute atomic E-state index is 0.216. The van der Waals surface area contributed by atoms with Crippen molar-refractivity contribution in [2.45, 2.75) is 70.7 Å². The van der Waals surface area contributed by atoms with E-state index in [2.05, 4.69) is 0 Å². The van der Waals surface area contributed by atoms with Crippen LogP contribution in [0.3, 0.4) is 0 Å². The summed E-state index contributed by atoms with van der Waals surface area (Å²) in [4.78, 5) is 15.1. The van der Waals surface area contributed by atoms with E-state index in [0.717, 1.165) is 34.4 Å². The van der Waals surface area contributed by atoms with Crippen LogP contribution in [-0.2, 0) is 38.8 Å². The molecule has 2 atom stereocenters. The molecule has 1 aliphatic heterocycles. The first kappa shape index (κ1) is 39.2. The van der Waals surface area contributed by atoms with Gasteiger partial charge in [0.25, 0.3) is 0 Å². The second-order valence-corrected chi connectivity index (χ2v) is 15.2. The van der Waals surface area contributed by atoms with Crippen molar-refractivity contribution in [2.24, 2.45) is 0 Å². The number of carbonyl (C=O) groups excluding carboxylic acids is 1. The van der Waals surface area contributed by atoms with Gasteiger partial charge in [-0.3, -0.25) is 0 Å². The lowest BCUT2D eigenvalue weighted by atomic mass is 9.84. The van der Waals surface area contributed by atoms with E-state index in [4.69, 9.17) is 70.1 Å². The maximum atomic E-state index is 13.5. The molecule has 11 heteroatoms. The SMILES string of the molecule is CC(C)(C)OC(=O)N1CC(OCc2cc(Cl)cc(Cl)c2)C(c2ccc(OCCCOCc3ccccc3)cc2)C(OCc2cc(Cl)cc(Cl)c2)C1. The Labute approximate surface area is 320 Å². The van der Waals surface area contributed by atoms with Crippen molar-refractivity contribution in [3.05, 3.63) is 133 Å². The van der Waals surface area contributed by atoms with E-state index < -0.39 is 23.9 Å². The fourth-order valence-electron chi connectivity index (χ4n) is 5.89. The molecule has 0 aliphatic carbocycles. The molecule has 0 radical (unpaired) electrons. The van der Waals surface area contributed by atoms with Crippen molar-refractivity contribution in [2.75, 3.05) is 26.3 Å². The highest BCUT2D eigenvalue weighted by atomic mass is 35.5. The molecular formula is C40H43Cl4NO6. The lowest BCUT2D eigenvalue weighted by Crippen LogP contribution is -2.55. The van der Waals surface area contributed by atoms with E-state index in [1.54, 1.807) is 17.0 Å². The highest BCUT2D eigenvalue weighted by Crippen LogP contribution is 2.36. The number of benzene rings is 4. The summed E-state index contributed by atoms with van der Waals surface area (Å²) >= 11 is 25.2. The number of amides is 1. The van der Waals surface area contributed by atoms with Crippen molar-refractivity contribution in [1.82, 2.24) is 4.90 Å². The zero-order valence-electron chi connectivity index (χ0n) is 29.0. The maximum absolute atomic E-state index is 13.5. The number of hydrogen-bond donors (Lipinski definition) is 0. The fraction of sp³-hybridized carbons (Fsp3) is 0.375. The highest BCUT2D eigenvalue weighted by molar-refractivity contribution is 6.35. The highest BCUT2D eigenvalue weighted by Gasteiger charge is 2.42. The van der Waals surface area contributed by atoms with Gasteiger partial charge < -0.3 is 28.6 Å². The van der Waals surface area contributed by atoms with E-state index in [-0.39, 0.29) is 32.2 Å². The van der Waals surface area contributed by atoms with Crippen LogP contribution < -0.4 is 4.74 Å². The van der Waals surface area contributed by atoms with Crippen molar-refractivity contribution in [1.29, 1.82) is 0 Å². The lowest BCUT2D eigenvalue weighted by molar-refractivity contribution is -0.100. The summed E-state index contributed by atoms with van der Waals surface area (Å²) in [5, 5.41) is 2.04. The third kappa shape index (κ3) is 12.6. The van der Waals surface area contributed by atoms with Crippen molar-refractivity contribution in [3.8, 4) is 5.75 Å². The Balaban J connectivity index is 1.34. The van der Waals surface area contributed by atoms with Crippen LogP contribution in [0.15, 0.2) is 91.0 Å². The third-order valence-electron chi connectivity index (χ3n) is 8.10. The number of hydrogen-bond acceptors (Lipinski definition) is 6. The van der Waals surface area contributed by atoms with E-state index in [9.17, 15) is 4.79 Å². The maximum Gasteiger partial charge on any atom is 0.410 e. The normalized spacial score (nSPS) is 17.7. The molecule has 0 N–H and O–H groups in total. The van der Waals surface area contributed by atoms with Gasteiger partial charge in [-0.05, 0) is 91.6 Å². The van der Waals surface area contributed by atoms with Gasteiger partial charge in [0, 0.05) is 32.4 Å². The topological polar surface area (TPSA) is 66.5 Å². The van der Waals surface area contributed by atoms with Gasteiger partial charge in [-0.15, -0.1) is 0 Å². The second kappa shape index (κ2) is 18.7. The van der Waals surface area contributed by atoms with Crippen LogP contribution in [-0.4, -0.2) is 55.1 Å². The van der Waals surface area contributed by atoms with Gasteiger partial charge in [-0.1, -0.05) is 88.9 Å². The molecule has 1 amide bonds. The monoisotopic (exact) mass is 773 g/mol. The van der Waals surface area contributed by atoms with Crippen LogP contribution in [0.1, 0.15) is 55.4 Å². The van der Waals surface area contributed by atoms with Crippen LogP contribution in [0.25, 0.3) is 0 Å². The Morgan fingerprint density at radius 1 is 0.686 bits per heavy atom. The molecule has 2 unspecified atom stereocenters. The molecule has 7 nitrogen and oxygen atoms in total. The second-order valence-electron chi connectivity index (χ2n) is 13.5. The lowest BCUT2D eigenvalue weighted by Gasteiger charge is -2.43. The number of likely N-dealkylation sites (tertiary alicyclic amines) is 1. The van der Waals surface area contributed by atoms with Crippen LogP contribution in [0.2, 0.25) is 20.1 Å². The number of nitrogens with zero attached hydrogens (tertiary/aromatic N) is 1. The molecule has 5 rings (SSSR count). The molecule has 0 aromatic heterocycles. The summed E-state index contributed by atoms with van der Waals surface area (Å²) in [5.74, 6) is 0.471. The van der Waals surface area contributed by atoms with Gasteiger partial charge in [0.1, 0.15) is 11.4 Å². The van der Waals surface area contributed by atoms with Gasteiger partial charge in [-0.2, -0.15) is 0 Å². The minimum Gasteiger partial charge on any atom is -0.494 e. The predicted octanol–water partition coefficient (Wildman–Crippen LogP) is 10.8. The Hall–Kier alpha value is -3.01. The standard InChI is InChI=1S/C40H43Cl4NO6/c1-40(2,3)51-39(46)45-22-36(49-25-28-16-31(41)20-32(42)17-28)38(37(23-45)50-26-29-18-33(43)21-34(44)19-29)30-10-12-35(13-11-30)48-15-7-14-47-24-27-8-5-4-6-9-27/h4-6,8-13,16-21,36-38H,7,14-15,22-26H2,1-3H3. The number of halogens is 4. The van der Waals surface area contributed by atoms with Crippen molar-refractivity contribution >= 4 is 52.5 Å². The molecular weight excluding hydrogens is 732 g/mol. The summed E-state index contributed by atoms with van der Waals surface area (Å²) in [7, 11) is 0. The fourth-order valence-corrected chi connectivity index (χ4v) is 7.03. The third-order valence-corrected chi connectivity index (χ3v) is 8.98. The summed E-state index contributed by atoms with van der Waals surface area (Å²) in [6.45, 7) is 8.19. The first-order chi connectivity index (χ1) is 24.4. The average molecular weight is 776 g/mol. The Kier molecular flexibility index (Phi) is 14.3. The Bertz CT molecular complexity index is 1610. The van der Waals surface area contributed by atoms with Crippen LogP contribution in [0.5, 0.6) is 5.75 Å². The first-order valence-corrected chi connectivity index (χ1v) is 18.4. The van der Waals surface area contributed by atoms with E-state index in [1.165, 1.54) is 0 Å². The largest absolute Gasteiger partial charge is 0.494 e. The number of piperidine rings is 1. The minimum atomic E-state index is -0.681. The van der Waals surface area contributed by atoms with E-state index >= 15 is 0 Å². The summed E-state index contributed by atoms with van der Waals surface area (Å²) in [6, 6.07) is 28.6. The molecule has 1 saturated heterocycles. The quantitative estimate of drug-likeness (QED) is 0.119. The molecule has 0 saturated carbocycles. The van der Waals surface area contributed by atoms with Gasteiger partial charge in [0.15, 0.2) is 0 Å². The van der Waals surface area contributed by atoms with Gasteiger partial charge >= 0.3 is 6.09 Å². The van der Waals surface area contributed by atoms with Gasteiger partial charge in [0.2, 0.25) is 0 Å². The molecule has 0 spiro atoms. The molecule has 1 aliphatic rings. The molecule has 4 aromatic rings. The van der Waals surface area contributed by atoms with Gasteiger partial charge in [-0.25, -0.2) is 4.79 Å². The smallest absolute Gasteiger partial charge is 0.410 e. The average Bonchev–Trinajstić information content (AvgIpc) is 3.07.